The minimum Gasteiger partial charge on any atom is -0.480 e. The van der Waals surface area contributed by atoms with Gasteiger partial charge in [0.2, 0.25) is 5.88 Å². The number of aromatic nitrogens is 4. The molecule has 0 aliphatic carbocycles. The van der Waals surface area contributed by atoms with Crippen molar-refractivity contribution in [3.8, 4) is 23.1 Å². The number of hydrogen-bond donors (Lipinski definition) is 0. The number of fused-ring (bicyclic) bond motifs is 1. The molecular formula is C28H27Cl2N5O4. The maximum Gasteiger partial charge on any atom is 0.319 e. The van der Waals surface area contributed by atoms with E-state index >= 15 is 0 Å². The Labute approximate surface area is 235 Å². The van der Waals surface area contributed by atoms with Crippen LogP contribution in [0.1, 0.15) is 48.4 Å². The molecule has 1 aromatic carbocycles. The van der Waals surface area contributed by atoms with Crippen molar-refractivity contribution < 1.29 is 14.3 Å². The zero-order chi connectivity index (χ0) is 28.2. The Balaban J connectivity index is 1.84. The molecule has 0 radical (unpaired) electrons. The number of carbonyl (C=O) groups is 1. The summed E-state index contributed by atoms with van der Waals surface area (Å²) in [5.41, 5.74) is 2.57. The smallest absolute Gasteiger partial charge is 0.319 e. The Kier molecular flexibility index (Phi) is 6.68. The largest absolute Gasteiger partial charge is 0.480 e. The number of benzene rings is 1. The van der Waals surface area contributed by atoms with Crippen LogP contribution in [0.5, 0.6) is 11.9 Å². The highest BCUT2D eigenvalue weighted by atomic mass is 35.5. The Morgan fingerprint density at radius 2 is 1.69 bits per heavy atom. The lowest BCUT2D eigenvalue weighted by molar-refractivity contribution is 0.0984. The predicted octanol–water partition coefficient (Wildman–Crippen LogP) is 5.47. The number of carbonyl (C=O) groups excluding carboxylic acids is 1. The van der Waals surface area contributed by atoms with Crippen LogP contribution < -0.4 is 19.9 Å². The molecule has 3 aromatic heterocycles. The first-order chi connectivity index (χ1) is 18.5. The molecule has 39 heavy (non-hydrogen) atoms. The van der Waals surface area contributed by atoms with Gasteiger partial charge in [-0.2, -0.15) is 4.98 Å². The molecule has 11 heteroatoms. The third kappa shape index (κ3) is 4.08. The molecule has 1 amide bonds. The fourth-order valence-corrected chi connectivity index (χ4v) is 5.70. The summed E-state index contributed by atoms with van der Waals surface area (Å²) in [6.45, 7) is 6.06. The van der Waals surface area contributed by atoms with Gasteiger partial charge in [0.25, 0.3) is 11.5 Å². The first-order valence-corrected chi connectivity index (χ1v) is 13.0. The van der Waals surface area contributed by atoms with Crippen LogP contribution in [0.15, 0.2) is 53.6 Å². The number of ether oxygens (including phenoxy) is 2. The second kappa shape index (κ2) is 9.73. The highest BCUT2D eigenvalue weighted by Gasteiger charge is 2.52. The normalized spacial score (nSPS) is 16.6. The quantitative estimate of drug-likeness (QED) is 0.306. The highest BCUT2D eigenvalue weighted by Crippen LogP contribution is 2.50. The molecule has 4 heterocycles. The molecule has 9 nitrogen and oxygen atoms in total. The van der Waals surface area contributed by atoms with E-state index in [4.69, 9.17) is 32.7 Å². The maximum absolute atomic E-state index is 14.3. The Bertz CT molecular complexity index is 1640. The minimum absolute atomic E-state index is 0.0189. The van der Waals surface area contributed by atoms with Gasteiger partial charge in [-0.05, 0) is 50.6 Å². The Morgan fingerprint density at radius 3 is 2.28 bits per heavy atom. The van der Waals surface area contributed by atoms with Crippen LogP contribution in [0.4, 0.5) is 5.69 Å². The monoisotopic (exact) mass is 567 g/mol. The number of halogens is 2. The first-order valence-electron chi connectivity index (χ1n) is 12.2. The molecule has 0 saturated heterocycles. The van der Waals surface area contributed by atoms with Crippen molar-refractivity contribution >= 4 is 34.8 Å². The van der Waals surface area contributed by atoms with E-state index in [9.17, 15) is 9.59 Å². The molecule has 1 aliphatic heterocycles. The second-order valence-corrected chi connectivity index (χ2v) is 10.6. The Hall–Kier alpha value is -3.82. The van der Waals surface area contributed by atoms with Gasteiger partial charge in [0, 0.05) is 30.5 Å². The van der Waals surface area contributed by atoms with Crippen LogP contribution in [0.25, 0.3) is 11.3 Å². The van der Waals surface area contributed by atoms with E-state index in [1.807, 2.05) is 39.0 Å². The summed E-state index contributed by atoms with van der Waals surface area (Å²) in [4.78, 5) is 37.0. The Morgan fingerprint density at radius 1 is 1.00 bits per heavy atom. The standard InChI is InChI=1S/C28H27Cl2N5O4/c1-15(2)34-22(20-13-31-27(39-6)32-24(20)38-5)12-19-23(34)28(3,16-7-9-17(29)10-8-16)35(25(19)36)18-11-21(30)26(37)33(4)14-18/h7-15H,1-6H3/t28-/m0/s1. The van der Waals surface area contributed by atoms with E-state index in [1.165, 1.54) is 24.9 Å². The summed E-state index contributed by atoms with van der Waals surface area (Å²) >= 11 is 12.6. The van der Waals surface area contributed by atoms with Crippen LogP contribution >= 0.6 is 23.2 Å². The lowest BCUT2D eigenvalue weighted by Gasteiger charge is -2.38. The molecule has 0 saturated carbocycles. The molecule has 1 aliphatic rings. The van der Waals surface area contributed by atoms with Crippen molar-refractivity contribution in [3.05, 3.63) is 86.0 Å². The maximum atomic E-state index is 14.3. The van der Waals surface area contributed by atoms with Crippen molar-refractivity contribution in [2.24, 2.45) is 7.05 Å². The lowest BCUT2D eigenvalue weighted by Crippen LogP contribution is -2.44. The van der Waals surface area contributed by atoms with E-state index in [-0.39, 0.29) is 28.5 Å². The van der Waals surface area contributed by atoms with Gasteiger partial charge in [0.05, 0.1) is 42.4 Å². The molecule has 1 atom stereocenters. The van der Waals surface area contributed by atoms with E-state index in [2.05, 4.69) is 14.5 Å². The zero-order valence-corrected chi connectivity index (χ0v) is 23.8. The molecule has 0 fully saturated rings. The van der Waals surface area contributed by atoms with Gasteiger partial charge in [-0.1, -0.05) is 35.3 Å². The number of rotatable bonds is 6. The number of aryl methyl sites for hydroxylation is 1. The first kappa shape index (κ1) is 26.8. The van der Waals surface area contributed by atoms with Crippen molar-refractivity contribution in [2.45, 2.75) is 32.4 Å². The van der Waals surface area contributed by atoms with Crippen molar-refractivity contribution in [2.75, 3.05) is 19.1 Å². The number of hydrogen-bond acceptors (Lipinski definition) is 6. The summed E-state index contributed by atoms with van der Waals surface area (Å²) < 4.78 is 14.2. The molecule has 4 aromatic rings. The SMILES string of the molecule is COc1ncc(-c2cc3c(n2C(C)C)[C@](C)(c2ccc(Cl)cc2)N(c2cc(Cl)c(=O)n(C)c2)C3=O)c(OC)n1. The number of amides is 1. The summed E-state index contributed by atoms with van der Waals surface area (Å²) in [6.07, 6.45) is 3.25. The van der Waals surface area contributed by atoms with Gasteiger partial charge in [0.15, 0.2) is 0 Å². The third-order valence-corrected chi connectivity index (χ3v) is 7.59. The summed E-state index contributed by atoms with van der Waals surface area (Å²) in [6, 6.07) is 10.8. The van der Waals surface area contributed by atoms with Crippen LogP contribution in [0.2, 0.25) is 10.0 Å². The van der Waals surface area contributed by atoms with Gasteiger partial charge in [-0.15, -0.1) is 0 Å². The van der Waals surface area contributed by atoms with Gasteiger partial charge in [-0.25, -0.2) is 4.98 Å². The third-order valence-electron chi connectivity index (χ3n) is 7.07. The number of anilines is 1. The fraction of sp³-hybridized carbons (Fsp3) is 0.286. The van der Waals surface area contributed by atoms with Crippen molar-refractivity contribution in [1.82, 2.24) is 19.1 Å². The molecule has 202 valence electrons. The van der Waals surface area contributed by atoms with Gasteiger partial charge >= 0.3 is 6.01 Å². The molecule has 0 unspecified atom stereocenters. The molecule has 5 rings (SSSR count). The molecule has 0 bridgehead atoms. The average Bonchev–Trinajstić information content (AvgIpc) is 3.41. The number of methoxy groups -OCH3 is 2. The van der Waals surface area contributed by atoms with Gasteiger partial charge in [-0.3, -0.25) is 14.5 Å². The highest BCUT2D eigenvalue weighted by molar-refractivity contribution is 6.31. The second-order valence-electron chi connectivity index (χ2n) is 9.72. The van der Waals surface area contributed by atoms with E-state index in [1.54, 1.807) is 36.5 Å². The van der Waals surface area contributed by atoms with Crippen LogP contribution in [-0.4, -0.2) is 39.2 Å². The molecular weight excluding hydrogens is 541 g/mol. The predicted molar refractivity (Wildman–Crippen MR) is 150 cm³/mol. The summed E-state index contributed by atoms with van der Waals surface area (Å²) in [5.74, 6) is 0.0773. The van der Waals surface area contributed by atoms with E-state index in [0.717, 1.165) is 17.0 Å². The molecule has 0 spiro atoms. The average molecular weight is 568 g/mol. The lowest BCUT2D eigenvalue weighted by atomic mass is 9.87. The van der Waals surface area contributed by atoms with Crippen LogP contribution in [-0.2, 0) is 12.6 Å². The topological polar surface area (TPSA) is 91.5 Å². The van der Waals surface area contributed by atoms with E-state index in [0.29, 0.717) is 27.7 Å². The van der Waals surface area contributed by atoms with E-state index < -0.39 is 5.54 Å². The zero-order valence-electron chi connectivity index (χ0n) is 22.3. The van der Waals surface area contributed by atoms with Crippen molar-refractivity contribution in [1.29, 1.82) is 0 Å². The van der Waals surface area contributed by atoms with Gasteiger partial charge < -0.3 is 18.6 Å². The minimum atomic E-state index is -0.999. The number of pyridine rings is 1. The van der Waals surface area contributed by atoms with Crippen LogP contribution in [0, 0.1) is 0 Å². The fourth-order valence-electron chi connectivity index (χ4n) is 5.33. The van der Waals surface area contributed by atoms with Crippen molar-refractivity contribution in [3.63, 3.8) is 0 Å². The number of nitrogens with zero attached hydrogens (tertiary/aromatic N) is 5. The molecule has 0 N–H and O–H groups in total. The van der Waals surface area contributed by atoms with Gasteiger partial charge in [0.1, 0.15) is 10.6 Å². The van der Waals surface area contributed by atoms with Crippen LogP contribution in [0.3, 0.4) is 0 Å². The summed E-state index contributed by atoms with van der Waals surface area (Å²) in [5, 5.41) is 0.592. The summed E-state index contributed by atoms with van der Waals surface area (Å²) in [7, 11) is 4.61.